The van der Waals surface area contributed by atoms with Crippen LogP contribution in [0, 0.1) is 5.92 Å². The number of fused-ring (bicyclic) bond motifs is 4. The maximum Gasteiger partial charge on any atom is 0.254 e. The molecule has 0 aliphatic carbocycles. The quantitative estimate of drug-likeness (QED) is 0.376. The Morgan fingerprint density at radius 1 is 1.06 bits per heavy atom. The molecule has 0 spiro atoms. The van der Waals surface area contributed by atoms with Crippen LogP contribution in [0.15, 0.2) is 23.1 Å². The molecule has 182 valence electrons. The molecule has 2 bridgehead atoms. The maximum atomic E-state index is 13.0. The van der Waals surface area contributed by atoms with Gasteiger partial charge in [-0.1, -0.05) is 25.3 Å². The fourth-order valence-electron chi connectivity index (χ4n) is 6.28. The lowest BCUT2D eigenvalue weighted by Gasteiger charge is -2.45. The smallest absolute Gasteiger partial charge is 0.254 e. The number of nitrogens with one attached hydrogen (secondary N) is 2. The molecule has 4 fully saturated rings. The summed E-state index contributed by atoms with van der Waals surface area (Å²) in [7, 11) is 0. The van der Waals surface area contributed by atoms with Crippen molar-refractivity contribution in [3.63, 3.8) is 0 Å². The third-order valence-corrected chi connectivity index (χ3v) is 9.49. The van der Waals surface area contributed by atoms with Crippen LogP contribution in [0.1, 0.15) is 73.7 Å². The lowest BCUT2D eigenvalue weighted by molar-refractivity contribution is 0.0674. The Morgan fingerprint density at radius 3 is 2.70 bits per heavy atom. The van der Waals surface area contributed by atoms with Crippen LogP contribution in [0.3, 0.4) is 0 Å². The molecule has 5 nitrogen and oxygen atoms in total. The Labute approximate surface area is 204 Å². The molecular formula is C27H42N4OS. The first-order valence-electron chi connectivity index (χ1n) is 13.5. The van der Waals surface area contributed by atoms with Gasteiger partial charge in [-0.3, -0.25) is 4.79 Å². The van der Waals surface area contributed by atoms with Gasteiger partial charge in [0.15, 0.2) is 0 Å². The second kappa shape index (κ2) is 11.6. The van der Waals surface area contributed by atoms with Crippen LogP contribution in [0.5, 0.6) is 0 Å². The molecule has 5 heterocycles. The SMILES string of the molecule is O=C1c2cccc(SCCCCCCCN[C@@H]3CN4CCC3CC4)c2CN1C1CCCNC1. The number of thioether (sulfide) groups is 1. The lowest BCUT2D eigenvalue weighted by atomic mass is 9.84. The number of amides is 1. The minimum absolute atomic E-state index is 0.244. The zero-order valence-electron chi connectivity index (χ0n) is 20.2. The van der Waals surface area contributed by atoms with Gasteiger partial charge in [-0.2, -0.15) is 0 Å². The summed E-state index contributed by atoms with van der Waals surface area (Å²) in [5.41, 5.74) is 2.22. The van der Waals surface area contributed by atoms with Crippen LogP contribution >= 0.6 is 11.8 Å². The third-order valence-electron chi connectivity index (χ3n) is 8.31. The first-order valence-corrected chi connectivity index (χ1v) is 14.5. The topological polar surface area (TPSA) is 47.6 Å². The van der Waals surface area contributed by atoms with Gasteiger partial charge in [0.2, 0.25) is 0 Å². The number of hydrogen-bond acceptors (Lipinski definition) is 5. The zero-order chi connectivity index (χ0) is 22.5. The minimum atomic E-state index is 0.244. The number of piperidine rings is 4. The number of nitrogens with zero attached hydrogens (tertiary/aromatic N) is 2. The number of hydrogen-bond donors (Lipinski definition) is 2. The van der Waals surface area contributed by atoms with Gasteiger partial charge in [-0.05, 0) is 94.1 Å². The van der Waals surface area contributed by atoms with Crippen LogP contribution in [-0.4, -0.2) is 72.8 Å². The molecule has 33 heavy (non-hydrogen) atoms. The number of rotatable bonds is 11. The highest BCUT2D eigenvalue weighted by Gasteiger charge is 2.35. The molecule has 5 aliphatic heterocycles. The van der Waals surface area contributed by atoms with E-state index in [1.807, 2.05) is 17.8 Å². The summed E-state index contributed by atoms with van der Waals surface area (Å²) in [6.45, 7) is 7.97. The van der Waals surface area contributed by atoms with Crippen LogP contribution in [0.4, 0.5) is 0 Å². The van der Waals surface area contributed by atoms with E-state index >= 15 is 0 Å². The van der Waals surface area contributed by atoms with Gasteiger partial charge in [-0.15, -0.1) is 11.8 Å². The van der Waals surface area contributed by atoms with Gasteiger partial charge in [0.1, 0.15) is 0 Å². The molecule has 6 heteroatoms. The monoisotopic (exact) mass is 470 g/mol. The van der Waals surface area contributed by atoms with Crippen molar-refractivity contribution < 1.29 is 4.79 Å². The Morgan fingerprint density at radius 2 is 1.91 bits per heavy atom. The highest BCUT2D eigenvalue weighted by molar-refractivity contribution is 7.99. The lowest BCUT2D eigenvalue weighted by Crippen LogP contribution is -2.56. The molecule has 1 amide bonds. The van der Waals surface area contributed by atoms with E-state index in [0.29, 0.717) is 6.04 Å². The van der Waals surface area contributed by atoms with Gasteiger partial charge < -0.3 is 20.4 Å². The molecule has 6 rings (SSSR count). The van der Waals surface area contributed by atoms with Crippen LogP contribution in [0.25, 0.3) is 0 Å². The zero-order valence-corrected chi connectivity index (χ0v) is 21.0. The molecule has 2 atom stereocenters. The standard InChI is InChI=1S/C27H42N4OS/c32-27-23-9-6-10-26(24(23)19-31(27)22-8-7-13-28-18-22)33-17-5-3-1-2-4-14-29-25-20-30-15-11-21(25)12-16-30/h6,9-10,21-22,25,28-29H,1-5,7-8,11-20H2/t22?,25-/m1/s1. The second-order valence-electron chi connectivity index (χ2n) is 10.5. The van der Waals surface area contributed by atoms with Gasteiger partial charge in [-0.25, -0.2) is 0 Å². The van der Waals surface area contributed by atoms with E-state index in [0.717, 1.165) is 49.3 Å². The molecule has 0 radical (unpaired) electrons. The van der Waals surface area contributed by atoms with E-state index < -0.39 is 0 Å². The second-order valence-corrected chi connectivity index (χ2v) is 11.7. The molecule has 0 aromatic heterocycles. The first kappa shape index (κ1) is 23.7. The van der Waals surface area contributed by atoms with Crippen molar-refractivity contribution in [2.75, 3.05) is 45.0 Å². The Balaban J connectivity index is 0.969. The summed E-state index contributed by atoms with van der Waals surface area (Å²) in [6.07, 6.45) is 11.7. The fourth-order valence-corrected chi connectivity index (χ4v) is 7.37. The largest absolute Gasteiger partial charge is 0.330 e. The van der Waals surface area contributed by atoms with Crippen molar-refractivity contribution in [1.82, 2.24) is 20.4 Å². The summed E-state index contributed by atoms with van der Waals surface area (Å²) in [4.78, 5) is 19.0. The molecule has 2 N–H and O–H groups in total. The van der Waals surface area contributed by atoms with Crippen molar-refractivity contribution in [2.24, 2.45) is 5.92 Å². The highest BCUT2D eigenvalue weighted by Crippen LogP contribution is 2.34. The van der Waals surface area contributed by atoms with Crippen molar-refractivity contribution >= 4 is 17.7 Å². The Bertz CT molecular complexity index is 788. The number of benzene rings is 1. The van der Waals surface area contributed by atoms with Gasteiger partial charge >= 0.3 is 0 Å². The fraction of sp³-hybridized carbons (Fsp3) is 0.741. The summed E-state index contributed by atoms with van der Waals surface area (Å²) < 4.78 is 0. The summed E-state index contributed by atoms with van der Waals surface area (Å²) in [5.74, 6) is 2.34. The van der Waals surface area contributed by atoms with Gasteiger partial charge in [0, 0.05) is 42.2 Å². The molecule has 4 saturated heterocycles. The van der Waals surface area contributed by atoms with Crippen LogP contribution in [0.2, 0.25) is 0 Å². The van der Waals surface area contributed by atoms with Crippen molar-refractivity contribution in [3.05, 3.63) is 29.3 Å². The Hall–Kier alpha value is -1.08. The number of carbonyl (C=O) groups excluding carboxylic acids is 1. The predicted molar refractivity (Wildman–Crippen MR) is 137 cm³/mol. The summed E-state index contributed by atoms with van der Waals surface area (Å²) >= 11 is 1.96. The number of unbranched alkanes of at least 4 members (excludes halogenated alkanes) is 4. The van der Waals surface area contributed by atoms with Crippen LogP contribution in [-0.2, 0) is 6.54 Å². The molecular weight excluding hydrogens is 428 g/mol. The average Bonchev–Trinajstić information content (AvgIpc) is 3.21. The van der Waals surface area contributed by atoms with E-state index in [4.69, 9.17) is 0 Å². The molecule has 1 aromatic rings. The molecule has 1 aromatic carbocycles. The molecule has 0 saturated carbocycles. The van der Waals surface area contributed by atoms with E-state index in [1.54, 1.807) is 0 Å². The predicted octanol–water partition coefficient (Wildman–Crippen LogP) is 4.12. The Kier molecular flexibility index (Phi) is 8.29. The van der Waals surface area contributed by atoms with E-state index in [9.17, 15) is 4.79 Å². The minimum Gasteiger partial charge on any atom is -0.330 e. The highest BCUT2D eigenvalue weighted by atomic mass is 32.2. The van der Waals surface area contributed by atoms with Crippen molar-refractivity contribution in [1.29, 1.82) is 0 Å². The van der Waals surface area contributed by atoms with E-state index in [-0.39, 0.29) is 5.91 Å². The normalized spacial score (nSPS) is 29.0. The third kappa shape index (κ3) is 5.77. The van der Waals surface area contributed by atoms with Crippen LogP contribution < -0.4 is 10.6 Å². The van der Waals surface area contributed by atoms with E-state index in [1.165, 1.54) is 88.0 Å². The summed E-state index contributed by atoms with van der Waals surface area (Å²) in [5, 5.41) is 7.31. The van der Waals surface area contributed by atoms with Gasteiger partial charge in [0.25, 0.3) is 5.91 Å². The first-order chi connectivity index (χ1) is 16.3. The van der Waals surface area contributed by atoms with Crippen molar-refractivity contribution in [2.45, 2.75) is 81.3 Å². The summed E-state index contributed by atoms with van der Waals surface area (Å²) in [6, 6.07) is 7.44. The maximum absolute atomic E-state index is 13.0. The van der Waals surface area contributed by atoms with Crippen molar-refractivity contribution in [3.8, 4) is 0 Å². The molecule has 1 unspecified atom stereocenters. The number of carbonyl (C=O) groups is 1. The van der Waals surface area contributed by atoms with E-state index in [2.05, 4.69) is 32.6 Å². The average molecular weight is 471 g/mol. The van der Waals surface area contributed by atoms with Gasteiger partial charge in [0.05, 0.1) is 0 Å². The molecule has 5 aliphatic rings.